The van der Waals surface area contributed by atoms with Gasteiger partial charge in [0.15, 0.2) is 0 Å². The quantitative estimate of drug-likeness (QED) is 0.417. The van der Waals surface area contributed by atoms with Crippen molar-refractivity contribution in [1.29, 1.82) is 0 Å². The molecule has 2 heterocycles. The fraction of sp³-hybridized carbons (Fsp3) is 0.125. The summed E-state index contributed by atoms with van der Waals surface area (Å²) in [6.07, 6.45) is 1.50. The predicted octanol–water partition coefficient (Wildman–Crippen LogP) is -0.0555. The number of aromatic nitrogens is 3. The number of anilines is 3. The Morgan fingerprint density at radius 1 is 1.31 bits per heavy atom. The van der Waals surface area contributed by atoms with Crippen molar-refractivity contribution in [3.8, 4) is 0 Å². The summed E-state index contributed by atoms with van der Waals surface area (Å²) in [6, 6.07) is 3.39. The van der Waals surface area contributed by atoms with Gasteiger partial charge in [-0.1, -0.05) is 5.16 Å². The monoisotopic (exact) mass is 221 g/mol. The molecule has 0 unspecified atom stereocenters. The molecule has 0 saturated heterocycles. The van der Waals surface area contributed by atoms with E-state index in [1.807, 2.05) is 0 Å². The smallest absolute Gasteiger partial charge is 0.223 e. The van der Waals surface area contributed by atoms with Gasteiger partial charge < -0.3 is 21.0 Å². The molecule has 0 radical (unpaired) electrons. The van der Waals surface area contributed by atoms with Gasteiger partial charge in [-0.15, -0.1) is 0 Å². The van der Waals surface area contributed by atoms with E-state index in [1.165, 1.54) is 6.26 Å². The molecule has 0 aliphatic heterocycles. The molecular formula is C8H11N7O. The Morgan fingerprint density at radius 2 is 2.12 bits per heavy atom. The first kappa shape index (κ1) is 10.2. The molecule has 2 aromatic heterocycles. The van der Waals surface area contributed by atoms with E-state index >= 15 is 0 Å². The van der Waals surface area contributed by atoms with Gasteiger partial charge in [0.1, 0.15) is 23.6 Å². The van der Waals surface area contributed by atoms with Gasteiger partial charge >= 0.3 is 0 Å². The summed E-state index contributed by atoms with van der Waals surface area (Å²) in [5.41, 5.74) is 8.65. The van der Waals surface area contributed by atoms with Crippen LogP contribution in [-0.4, -0.2) is 15.1 Å². The lowest BCUT2D eigenvalue weighted by Crippen LogP contribution is -2.12. The Bertz CT molecular complexity index is 455. The summed E-state index contributed by atoms with van der Waals surface area (Å²) in [5, 5.41) is 6.76. The molecule has 0 spiro atoms. The molecule has 0 saturated carbocycles. The first-order valence-electron chi connectivity index (χ1n) is 4.52. The van der Waals surface area contributed by atoms with E-state index < -0.39 is 0 Å². The highest BCUT2D eigenvalue weighted by molar-refractivity contribution is 5.50. The molecule has 6 N–H and O–H groups in total. The Labute approximate surface area is 91.0 Å². The molecular weight excluding hydrogens is 210 g/mol. The maximum atomic E-state index is 5.49. The fourth-order valence-electron chi connectivity index (χ4n) is 1.14. The van der Waals surface area contributed by atoms with E-state index in [9.17, 15) is 0 Å². The number of nitrogens with zero attached hydrogens (tertiary/aromatic N) is 3. The standard InChI is InChI=1S/C8H11N7O/c9-8-12-6(3-7(13-8)14-10)11-4-5-1-2-16-15-5/h1-3H,4,10H2,(H4,9,11,12,13,14). The molecule has 0 aromatic carbocycles. The average Bonchev–Trinajstić information content (AvgIpc) is 2.78. The molecule has 0 atom stereocenters. The summed E-state index contributed by atoms with van der Waals surface area (Å²) < 4.78 is 4.69. The van der Waals surface area contributed by atoms with Crippen molar-refractivity contribution < 1.29 is 4.52 Å². The van der Waals surface area contributed by atoms with E-state index in [0.717, 1.165) is 5.69 Å². The predicted molar refractivity (Wildman–Crippen MR) is 58.1 cm³/mol. The topological polar surface area (TPSA) is 128 Å². The molecule has 0 bridgehead atoms. The van der Waals surface area contributed by atoms with Crippen molar-refractivity contribution in [1.82, 2.24) is 15.1 Å². The van der Waals surface area contributed by atoms with E-state index in [1.54, 1.807) is 12.1 Å². The summed E-state index contributed by atoms with van der Waals surface area (Å²) >= 11 is 0. The van der Waals surface area contributed by atoms with Crippen molar-refractivity contribution >= 4 is 17.6 Å². The minimum atomic E-state index is 0.137. The minimum absolute atomic E-state index is 0.137. The van der Waals surface area contributed by atoms with Crippen LogP contribution < -0.4 is 22.3 Å². The number of rotatable bonds is 4. The summed E-state index contributed by atoms with van der Waals surface area (Å²) in [7, 11) is 0. The second kappa shape index (κ2) is 4.45. The Kier molecular flexibility index (Phi) is 2.83. The zero-order chi connectivity index (χ0) is 11.4. The molecule has 0 aliphatic rings. The van der Waals surface area contributed by atoms with E-state index in [2.05, 4.69) is 25.9 Å². The summed E-state index contributed by atoms with van der Waals surface area (Å²) in [6.45, 7) is 0.483. The van der Waals surface area contributed by atoms with Crippen LogP contribution in [0.5, 0.6) is 0 Å². The van der Waals surface area contributed by atoms with Crippen molar-refractivity contribution in [2.75, 3.05) is 16.5 Å². The van der Waals surface area contributed by atoms with Gasteiger partial charge in [0.2, 0.25) is 5.95 Å². The van der Waals surface area contributed by atoms with Gasteiger partial charge in [-0.25, -0.2) is 5.84 Å². The molecule has 2 aromatic rings. The number of nitrogen functional groups attached to an aromatic ring is 2. The third-order valence-corrected chi connectivity index (χ3v) is 1.83. The Balaban J connectivity index is 2.06. The molecule has 0 aliphatic carbocycles. The van der Waals surface area contributed by atoms with Crippen molar-refractivity contribution in [2.24, 2.45) is 5.84 Å². The maximum absolute atomic E-state index is 5.49. The van der Waals surface area contributed by atoms with Gasteiger partial charge in [-0.2, -0.15) is 9.97 Å². The molecule has 0 fully saturated rings. The SMILES string of the molecule is NNc1cc(NCc2ccon2)nc(N)n1. The third-order valence-electron chi connectivity index (χ3n) is 1.83. The summed E-state index contributed by atoms with van der Waals surface area (Å²) in [5.74, 6) is 6.36. The number of hydrazine groups is 1. The van der Waals surface area contributed by atoms with Crippen LogP contribution in [0.2, 0.25) is 0 Å². The normalized spacial score (nSPS) is 10.1. The highest BCUT2D eigenvalue weighted by Gasteiger charge is 2.02. The first-order valence-corrected chi connectivity index (χ1v) is 4.52. The lowest BCUT2D eigenvalue weighted by molar-refractivity contribution is 0.412. The number of nitrogens with one attached hydrogen (secondary N) is 2. The highest BCUT2D eigenvalue weighted by Crippen LogP contribution is 2.12. The largest absolute Gasteiger partial charge is 0.368 e. The lowest BCUT2D eigenvalue weighted by Gasteiger charge is -2.06. The second-order valence-corrected chi connectivity index (χ2v) is 2.99. The average molecular weight is 221 g/mol. The van der Waals surface area contributed by atoms with Crippen molar-refractivity contribution in [3.63, 3.8) is 0 Å². The van der Waals surface area contributed by atoms with E-state index in [-0.39, 0.29) is 5.95 Å². The van der Waals surface area contributed by atoms with Crippen LogP contribution in [0.25, 0.3) is 0 Å². The minimum Gasteiger partial charge on any atom is -0.368 e. The third kappa shape index (κ3) is 2.36. The van der Waals surface area contributed by atoms with Gasteiger partial charge in [0, 0.05) is 12.1 Å². The van der Waals surface area contributed by atoms with Gasteiger partial charge in [-0.05, 0) is 0 Å². The van der Waals surface area contributed by atoms with Crippen molar-refractivity contribution in [2.45, 2.75) is 6.54 Å². The van der Waals surface area contributed by atoms with Crippen LogP contribution in [0.1, 0.15) is 5.69 Å². The van der Waals surface area contributed by atoms with E-state index in [0.29, 0.717) is 18.2 Å². The van der Waals surface area contributed by atoms with Crippen LogP contribution in [0, 0.1) is 0 Å². The molecule has 8 nitrogen and oxygen atoms in total. The second-order valence-electron chi connectivity index (χ2n) is 2.99. The fourth-order valence-corrected chi connectivity index (χ4v) is 1.14. The zero-order valence-corrected chi connectivity index (χ0v) is 8.34. The van der Waals surface area contributed by atoms with Crippen LogP contribution in [-0.2, 0) is 6.54 Å². The number of hydrogen-bond donors (Lipinski definition) is 4. The lowest BCUT2D eigenvalue weighted by atomic mass is 10.4. The zero-order valence-electron chi connectivity index (χ0n) is 8.34. The van der Waals surface area contributed by atoms with Crippen LogP contribution in [0.4, 0.5) is 17.6 Å². The molecule has 8 heteroatoms. The van der Waals surface area contributed by atoms with Gasteiger partial charge in [-0.3, -0.25) is 0 Å². The number of hydrogen-bond acceptors (Lipinski definition) is 8. The van der Waals surface area contributed by atoms with Crippen LogP contribution in [0.15, 0.2) is 22.9 Å². The highest BCUT2D eigenvalue weighted by atomic mass is 16.5. The number of nitrogens with two attached hydrogens (primary N) is 2. The maximum Gasteiger partial charge on any atom is 0.223 e. The van der Waals surface area contributed by atoms with Gasteiger partial charge in [0.05, 0.1) is 6.54 Å². The van der Waals surface area contributed by atoms with Gasteiger partial charge in [0.25, 0.3) is 0 Å². The van der Waals surface area contributed by atoms with Crippen LogP contribution in [0.3, 0.4) is 0 Å². The summed E-state index contributed by atoms with van der Waals surface area (Å²) in [4.78, 5) is 7.84. The molecule has 16 heavy (non-hydrogen) atoms. The van der Waals surface area contributed by atoms with Crippen molar-refractivity contribution in [3.05, 3.63) is 24.1 Å². The molecule has 0 amide bonds. The Hall–Kier alpha value is -2.35. The van der Waals surface area contributed by atoms with E-state index in [4.69, 9.17) is 16.1 Å². The molecule has 84 valence electrons. The first-order chi connectivity index (χ1) is 7.78. The van der Waals surface area contributed by atoms with Crippen LogP contribution >= 0.6 is 0 Å². The Morgan fingerprint density at radius 3 is 2.81 bits per heavy atom. The molecule has 2 rings (SSSR count).